The quantitative estimate of drug-likeness (QED) is 0.707. The number of halogens is 5. The van der Waals surface area contributed by atoms with Gasteiger partial charge in [-0.05, 0) is 32.0 Å². The Bertz CT molecular complexity index is 513. The smallest absolute Gasteiger partial charge is 0.346 e. The molecule has 0 saturated heterocycles. The Morgan fingerprint density at radius 3 is 2.30 bits per heavy atom. The minimum Gasteiger partial charge on any atom is -0.346 e. The van der Waals surface area contributed by atoms with Crippen molar-refractivity contribution in [3.05, 3.63) is 33.8 Å². The van der Waals surface area contributed by atoms with E-state index in [-0.39, 0.29) is 14.9 Å². The molecule has 1 aromatic rings. The van der Waals surface area contributed by atoms with Gasteiger partial charge in [0.2, 0.25) is 0 Å². The Morgan fingerprint density at radius 2 is 1.85 bits per heavy atom. The average molecular weight is 417 g/mol. The maximum atomic E-state index is 13.0. The molecule has 0 saturated carbocycles. The summed E-state index contributed by atoms with van der Waals surface area (Å²) in [5.74, 6) is -0.749. The van der Waals surface area contributed by atoms with E-state index in [9.17, 15) is 18.0 Å². The van der Waals surface area contributed by atoms with Crippen LogP contribution >= 0.6 is 31.9 Å². The van der Waals surface area contributed by atoms with Gasteiger partial charge in [0.25, 0.3) is 5.91 Å². The number of hydrogen-bond acceptors (Lipinski definition) is 1. The summed E-state index contributed by atoms with van der Waals surface area (Å²) in [7, 11) is 0. The summed E-state index contributed by atoms with van der Waals surface area (Å²) in [6.45, 7) is 5.28. The van der Waals surface area contributed by atoms with Gasteiger partial charge >= 0.3 is 6.18 Å². The van der Waals surface area contributed by atoms with Gasteiger partial charge in [0.15, 0.2) is 0 Å². The van der Waals surface area contributed by atoms with Gasteiger partial charge in [0.1, 0.15) is 0 Å². The van der Waals surface area contributed by atoms with Gasteiger partial charge in [0.05, 0.1) is 11.1 Å². The molecule has 0 heterocycles. The van der Waals surface area contributed by atoms with E-state index in [4.69, 9.17) is 0 Å². The molecule has 1 amide bonds. The zero-order valence-electron chi connectivity index (χ0n) is 11.1. The zero-order valence-corrected chi connectivity index (χ0v) is 14.3. The third-order valence-electron chi connectivity index (χ3n) is 2.96. The van der Waals surface area contributed by atoms with E-state index in [0.29, 0.717) is 0 Å². The molecule has 1 atom stereocenters. The Balaban J connectivity index is 3.18. The van der Waals surface area contributed by atoms with Crippen molar-refractivity contribution in [3.8, 4) is 0 Å². The molecule has 1 unspecified atom stereocenters. The van der Waals surface area contributed by atoms with Crippen LogP contribution in [0.1, 0.15) is 36.7 Å². The molecule has 0 spiro atoms. The van der Waals surface area contributed by atoms with E-state index in [1.165, 1.54) is 6.07 Å². The lowest BCUT2D eigenvalue weighted by atomic mass is 9.99. The molecule has 7 heteroatoms. The Morgan fingerprint density at radius 1 is 1.30 bits per heavy atom. The fourth-order valence-electron chi connectivity index (χ4n) is 1.41. The summed E-state index contributed by atoms with van der Waals surface area (Å²) in [6.07, 6.45) is -4.58. The monoisotopic (exact) mass is 415 g/mol. The number of carbonyl (C=O) groups is 1. The summed E-state index contributed by atoms with van der Waals surface area (Å²) in [6, 6.07) is 3.48. The van der Waals surface area contributed by atoms with Crippen LogP contribution in [0, 0.1) is 0 Å². The van der Waals surface area contributed by atoms with Crippen LogP contribution in [0.2, 0.25) is 0 Å². The largest absolute Gasteiger partial charge is 0.417 e. The first-order chi connectivity index (χ1) is 8.95. The Hall–Kier alpha value is -0.560. The normalized spacial score (nSPS) is 14.0. The predicted molar refractivity (Wildman–Crippen MR) is 79.1 cm³/mol. The molecule has 2 nitrogen and oxygen atoms in total. The van der Waals surface area contributed by atoms with Crippen molar-refractivity contribution in [1.82, 2.24) is 5.32 Å². The SMILES string of the molecule is CC(Br)C(C)(C)NC(=O)c1ccc(Br)cc1C(F)(F)F. The maximum Gasteiger partial charge on any atom is 0.417 e. The highest BCUT2D eigenvalue weighted by molar-refractivity contribution is 9.10. The summed E-state index contributed by atoms with van der Waals surface area (Å²) in [5.41, 5.74) is -2.02. The molecule has 0 bridgehead atoms. The fourth-order valence-corrected chi connectivity index (χ4v) is 1.88. The van der Waals surface area contributed by atoms with Crippen LogP contribution < -0.4 is 5.32 Å². The van der Waals surface area contributed by atoms with Gasteiger partial charge in [-0.1, -0.05) is 38.8 Å². The molecule has 1 aromatic carbocycles. The van der Waals surface area contributed by atoms with E-state index in [2.05, 4.69) is 37.2 Å². The fraction of sp³-hybridized carbons (Fsp3) is 0.462. The maximum absolute atomic E-state index is 13.0. The number of nitrogens with one attached hydrogen (secondary N) is 1. The van der Waals surface area contributed by atoms with Crippen molar-refractivity contribution in [2.45, 2.75) is 37.3 Å². The average Bonchev–Trinajstić information content (AvgIpc) is 2.26. The molecule has 0 fully saturated rings. The van der Waals surface area contributed by atoms with Crippen LogP contribution in [0.25, 0.3) is 0 Å². The highest BCUT2D eigenvalue weighted by atomic mass is 79.9. The minimum absolute atomic E-state index is 0.0938. The standard InChI is InChI=1S/C13H14Br2F3NO/c1-7(14)12(2,3)19-11(20)9-5-4-8(15)6-10(9)13(16,17)18/h4-7H,1-3H3,(H,19,20). The van der Waals surface area contributed by atoms with Crippen LogP contribution in [0.15, 0.2) is 22.7 Å². The van der Waals surface area contributed by atoms with Crippen LogP contribution in [-0.4, -0.2) is 16.3 Å². The van der Waals surface area contributed by atoms with Gasteiger partial charge in [-0.15, -0.1) is 0 Å². The molecule has 0 aromatic heterocycles. The van der Waals surface area contributed by atoms with E-state index < -0.39 is 23.2 Å². The first-order valence-electron chi connectivity index (χ1n) is 5.78. The summed E-state index contributed by atoms with van der Waals surface area (Å²) < 4.78 is 39.2. The Labute approximate surface area is 132 Å². The van der Waals surface area contributed by atoms with Crippen molar-refractivity contribution in [2.75, 3.05) is 0 Å². The van der Waals surface area contributed by atoms with Crippen LogP contribution in [-0.2, 0) is 6.18 Å². The molecular formula is C13H14Br2F3NO. The van der Waals surface area contributed by atoms with E-state index in [1.807, 2.05) is 6.92 Å². The first-order valence-corrected chi connectivity index (χ1v) is 7.49. The van der Waals surface area contributed by atoms with E-state index >= 15 is 0 Å². The predicted octanol–water partition coefficient (Wildman–Crippen LogP) is 4.76. The summed E-state index contributed by atoms with van der Waals surface area (Å²) in [5, 5.41) is 2.60. The lowest BCUT2D eigenvalue weighted by Gasteiger charge is -2.29. The third-order valence-corrected chi connectivity index (χ3v) is 4.60. The number of hydrogen-bond donors (Lipinski definition) is 1. The van der Waals surface area contributed by atoms with E-state index in [0.717, 1.165) is 12.1 Å². The number of benzene rings is 1. The van der Waals surface area contributed by atoms with Crippen molar-refractivity contribution in [1.29, 1.82) is 0 Å². The summed E-state index contributed by atoms with van der Waals surface area (Å²) in [4.78, 5) is 12.0. The van der Waals surface area contributed by atoms with Gasteiger partial charge < -0.3 is 5.32 Å². The molecule has 0 aliphatic carbocycles. The molecular weight excluding hydrogens is 403 g/mol. The first kappa shape index (κ1) is 17.5. The number of carbonyl (C=O) groups excluding carboxylic acids is 1. The molecule has 1 rings (SSSR count). The Kier molecular flexibility index (Phi) is 5.29. The van der Waals surface area contributed by atoms with Gasteiger partial charge in [-0.3, -0.25) is 4.79 Å². The van der Waals surface area contributed by atoms with Gasteiger partial charge in [-0.2, -0.15) is 13.2 Å². The second-order valence-corrected chi connectivity index (χ2v) is 7.27. The minimum atomic E-state index is -4.58. The highest BCUT2D eigenvalue weighted by Gasteiger charge is 2.36. The van der Waals surface area contributed by atoms with Crippen molar-refractivity contribution >= 4 is 37.8 Å². The second kappa shape index (κ2) is 6.05. The third kappa shape index (κ3) is 4.22. The molecule has 0 aliphatic rings. The van der Waals surface area contributed by atoms with E-state index in [1.54, 1.807) is 13.8 Å². The number of amides is 1. The lowest BCUT2D eigenvalue weighted by molar-refractivity contribution is -0.138. The van der Waals surface area contributed by atoms with Crippen LogP contribution in [0.3, 0.4) is 0 Å². The molecule has 0 radical (unpaired) electrons. The van der Waals surface area contributed by atoms with Crippen molar-refractivity contribution < 1.29 is 18.0 Å². The molecule has 20 heavy (non-hydrogen) atoms. The van der Waals surface area contributed by atoms with Gasteiger partial charge in [-0.25, -0.2) is 0 Å². The topological polar surface area (TPSA) is 29.1 Å². The zero-order chi connectivity index (χ0) is 15.7. The molecule has 1 N–H and O–H groups in total. The van der Waals surface area contributed by atoms with Crippen LogP contribution in [0.5, 0.6) is 0 Å². The number of alkyl halides is 4. The van der Waals surface area contributed by atoms with Crippen molar-refractivity contribution in [2.24, 2.45) is 0 Å². The van der Waals surface area contributed by atoms with Crippen LogP contribution in [0.4, 0.5) is 13.2 Å². The lowest BCUT2D eigenvalue weighted by Crippen LogP contribution is -2.49. The van der Waals surface area contributed by atoms with Gasteiger partial charge in [0, 0.05) is 14.8 Å². The second-order valence-electron chi connectivity index (χ2n) is 4.98. The molecule has 0 aliphatic heterocycles. The van der Waals surface area contributed by atoms with Crippen molar-refractivity contribution in [3.63, 3.8) is 0 Å². The molecule has 112 valence electrons. The number of rotatable bonds is 3. The highest BCUT2D eigenvalue weighted by Crippen LogP contribution is 2.34. The summed E-state index contributed by atoms with van der Waals surface area (Å²) >= 11 is 6.31.